The van der Waals surface area contributed by atoms with Gasteiger partial charge in [-0.15, -0.1) is 0 Å². The van der Waals surface area contributed by atoms with Crippen LogP contribution in [-0.4, -0.2) is 34.4 Å². The van der Waals surface area contributed by atoms with E-state index in [2.05, 4.69) is 16.8 Å². The predicted octanol–water partition coefficient (Wildman–Crippen LogP) is 1.34. The van der Waals surface area contributed by atoms with E-state index in [1.165, 1.54) is 0 Å². The SMILES string of the molecule is CC1CCN(c2ccc([C@H](C)O)nc2)C1CO. The van der Waals surface area contributed by atoms with E-state index in [1.807, 2.05) is 12.1 Å². The van der Waals surface area contributed by atoms with Crippen LogP contribution in [0.15, 0.2) is 18.3 Å². The van der Waals surface area contributed by atoms with Gasteiger partial charge in [0.1, 0.15) is 0 Å². The number of hydrogen-bond donors (Lipinski definition) is 2. The summed E-state index contributed by atoms with van der Waals surface area (Å²) in [6, 6.07) is 4.00. The van der Waals surface area contributed by atoms with Gasteiger partial charge in [-0.3, -0.25) is 4.98 Å². The number of nitrogens with zero attached hydrogens (tertiary/aromatic N) is 2. The Morgan fingerprint density at radius 1 is 1.53 bits per heavy atom. The zero-order valence-corrected chi connectivity index (χ0v) is 10.4. The summed E-state index contributed by atoms with van der Waals surface area (Å²) in [6.45, 7) is 5.01. The smallest absolute Gasteiger partial charge is 0.0931 e. The lowest BCUT2D eigenvalue weighted by Crippen LogP contribution is -2.35. The van der Waals surface area contributed by atoms with E-state index in [0.29, 0.717) is 11.6 Å². The van der Waals surface area contributed by atoms with Gasteiger partial charge < -0.3 is 15.1 Å². The van der Waals surface area contributed by atoms with Crippen LogP contribution < -0.4 is 4.90 Å². The second kappa shape index (κ2) is 5.02. The predicted molar refractivity (Wildman–Crippen MR) is 66.9 cm³/mol. The van der Waals surface area contributed by atoms with E-state index in [1.54, 1.807) is 13.1 Å². The van der Waals surface area contributed by atoms with Gasteiger partial charge in [0.15, 0.2) is 0 Å². The van der Waals surface area contributed by atoms with Crippen LogP contribution in [-0.2, 0) is 0 Å². The Morgan fingerprint density at radius 2 is 2.29 bits per heavy atom. The summed E-state index contributed by atoms with van der Waals surface area (Å²) >= 11 is 0. The molecule has 0 radical (unpaired) electrons. The highest BCUT2D eigenvalue weighted by Crippen LogP contribution is 2.29. The fraction of sp³-hybridized carbons (Fsp3) is 0.615. The molecular formula is C13H20N2O2. The van der Waals surface area contributed by atoms with Gasteiger partial charge in [0, 0.05) is 6.54 Å². The molecule has 1 aliphatic rings. The van der Waals surface area contributed by atoms with Crippen LogP contribution in [0.25, 0.3) is 0 Å². The van der Waals surface area contributed by atoms with Crippen LogP contribution >= 0.6 is 0 Å². The molecule has 2 N–H and O–H groups in total. The highest BCUT2D eigenvalue weighted by atomic mass is 16.3. The van der Waals surface area contributed by atoms with E-state index in [4.69, 9.17) is 0 Å². The first-order valence-corrected chi connectivity index (χ1v) is 6.15. The van der Waals surface area contributed by atoms with Gasteiger partial charge in [-0.1, -0.05) is 6.92 Å². The second-order valence-electron chi connectivity index (χ2n) is 4.83. The highest BCUT2D eigenvalue weighted by Gasteiger charge is 2.30. The molecule has 1 saturated heterocycles. The van der Waals surface area contributed by atoms with Crippen LogP contribution in [0.2, 0.25) is 0 Å². The monoisotopic (exact) mass is 236 g/mol. The van der Waals surface area contributed by atoms with Crippen molar-refractivity contribution >= 4 is 5.69 Å². The van der Waals surface area contributed by atoms with E-state index >= 15 is 0 Å². The molecule has 94 valence electrons. The minimum atomic E-state index is -0.532. The molecule has 3 atom stereocenters. The number of rotatable bonds is 3. The molecule has 2 heterocycles. The molecule has 17 heavy (non-hydrogen) atoms. The van der Waals surface area contributed by atoms with E-state index in [-0.39, 0.29) is 12.6 Å². The van der Waals surface area contributed by atoms with Crippen LogP contribution in [0.5, 0.6) is 0 Å². The van der Waals surface area contributed by atoms with Gasteiger partial charge in [0.2, 0.25) is 0 Å². The summed E-state index contributed by atoms with van der Waals surface area (Å²) in [7, 11) is 0. The Labute approximate surface area is 102 Å². The number of pyridine rings is 1. The third-order valence-electron chi connectivity index (χ3n) is 3.60. The lowest BCUT2D eigenvalue weighted by Gasteiger charge is -2.27. The Kier molecular flexibility index (Phi) is 3.64. The van der Waals surface area contributed by atoms with Gasteiger partial charge in [-0.25, -0.2) is 0 Å². The molecule has 0 bridgehead atoms. The molecule has 2 unspecified atom stereocenters. The van der Waals surface area contributed by atoms with Gasteiger partial charge >= 0.3 is 0 Å². The summed E-state index contributed by atoms with van der Waals surface area (Å²) in [5.74, 6) is 0.511. The Morgan fingerprint density at radius 3 is 2.82 bits per heavy atom. The van der Waals surface area contributed by atoms with Crippen molar-refractivity contribution < 1.29 is 10.2 Å². The molecule has 1 aliphatic heterocycles. The Balaban J connectivity index is 2.17. The Hall–Kier alpha value is -1.13. The standard InChI is InChI=1S/C13H20N2O2/c1-9-5-6-15(13(9)8-16)11-3-4-12(10(2)17)14-7-11/h3-4,7,9-10,13,16-17H,5-6,8H2,1-2H3/t9?,10-,13?/m0/s1. The molecule has 0 aliphatic carbocycles. The van der Waals surface area contributed by atoms with Gasteiger partial charge in [-0.05, 0) is 31.4 Å². The second-order valence-corrected chi connectivity index (χ2v) is 4.83. The molecule has 0 amide bonds. The van der Waals surface area contributed by atoms with Crippen molar-refractivity contribution in [1.82, 2.24) is 4.98 Å². The van der Waals surface area contributed by atoms with Crippen LogP contribution in [0, 0.1) is 5.92 Å². The fourth-order valence-electron chi connectivity index (χ4n) is 2.42. The minimum absolute atomic E-state index is 0.180. The highest BCUT2D eigenvalue weighted by molar-refractivity contribution is 5.47. The number of anilines is 1. The van der Waals surface area contributed by atoms with Crippen molar-refractivity contribution in [1.29, 1.82) is 0 Å². The first kappa shape index (κ1) is 12.3. The van der Waals surface area contributed by atoms with Crippen molar-refractivity contribution in [3.8, 4) is 0 Å². The number of aliphatic hydroxyl groups is 2. The zero-order chi connectivity index (χ0) is 12.4. The summed E-state index contributed by atoms with van der Waals surface area (Å²) in [6.07, 6.45) is 2.35. The summed E-state index contributed by atoms with van der Waals surface area (Å²) in [5.41, 5.74) is 1.71. The van der Waals surface area contributed by atoms with E-state index in [9.17, 15) is 10.2 Å². The number of aromatic nitrogens is 1. The zero-order valence-electron chi connectivity index (χ0n) is 10.4. The van der Waals surface area contributed by atoms with Crippen LogP contribution in [0.4, 0.5) is 5.69 Å². The first-order valence-electron chi connectivity index (χ1n) is 6.15. The number of aliphatic hydroxyl groups excluding tert-OH is 2. The maximum absolute atomic E-state index is 9.41. The molecular weight excluding hydrogens is 216 g/mol. The van der Waals surface area contributed by atoms with Crippen molar-refractivity contribution in [3.05, 3.63) is 24.0 Å². The third kappa shape index (κ3) is 2.42. The van der Waals surface area contributed by atoms with Crippen LogP contribution in [0.1, 0.15) is 32.1 Å². The molecule has 1 aromatic rings. The van der Waals surface area contributed by atoms with Gasteiger partial charge in [0.25, 0.3) is 0 Å². The third-order valence-corrected chi connectivity index (χ3v) is 3.60. The van der Waals surface area contributed by atoms with E-state index in [0.717, 1.165) is 18.7 Å². The molecule has 0 aromatic carbocycles. The maximum Gasteiger partial charge on any atom is 0.0931 e. The molecule has 1 fully saturated rings. The van der Waals surface area contributed by atoms with Crippen molar-refractivity contribution in [2.75, 3.05) is 18.1 Å². The molecule has 0 spiro atoms. The molecule has 4 nitrogen and oxygen atoms in total. The van der Waals surface area contributed by atoms with Crippen molar-refractivity contribution in [2.24, 2.45) is 5.92 Å². The number of hydrogen-bond acceptors (Lipinski definition) is 4. The summed E-state index contributed by atoms with van der Waals surface area (Å²) in [5, 5.41) is 18.8. The normalized spacial score (nSPS) is 26.2. The minimum Gasteiger partial charge on any atom is -0.394 e. The summed E-state index contributed by atoms with van der Waals surface area (Å²) in [4.78, 5) is 6.44. The first-order chi connectivity index (χ1) is 8.13. The van der Waals surface area contributed by atoms with Crippen molar-refractivity contribution in [3.63, 3.8) is 0 Å². The molecule has 4 heteroatoms. The lowest BCUT2D eigenvalue weighted by molar-refractivity contribution is 0.194. The van der Waals surface area contributed by atoms with Crippen molar-refractivity contribution in [2.45, 2.75) is 32.4 Å². The largest absolute Gasteiger partial charge is 0.394 e. The lowest BCUT2D eigenvalue weighted by atomic mass is 10.0. The topological polar surface area (TPSA) is 56.6 Å². The Bertz CT molecular complexity index is 364. The summed E-state index contributed by atoms with van der Waals surface area (Å²) < 4.78 is 0. The quantitative estimate of drug-likeness (QED) is 0.831. The van der Waals surface area contributed by atoms with Gasteiger partial charge in [-0.2, -0.15) is 0 Å². The average Bonchev–Trinajstić information content (AvgIpc) is 2.70. The molecule has 2 rings (SSSR count). The molecule has 1 aromatic heterocycles. The molecule has 0 saturated carbocycles. The average molecular weight is 236 g/mol. The fourth-order valence-corrected chi connectivity index (χ4v) is 2.42. The maximum atomic E-state index is 9.41. The van der Waals surface area contributed by atoms with E-state index < -0.39 is 6.10 Å². The van der Waals surface area contributed by atoms with Gasteiger partial charge in [0.05, 0.1) is 36.3 Å². The van der Waals surface area contributed by atoms with Crippen LogP contribution in [0.3, 0.4) is 0 Å².